The zero-order chi connectivity index (χ0) is 24.4. The number of ether oxygens (including phenoxy) is 1. The highest BCUT2D eigenvalue weighted by Crippen LogP contribution is 2.46. The van der Waals surface area contributed by atoms with Gasteiger partial charge in [-0.25, -0.2) is 4.99 Å². The summed E-state index contributed by atoms with van der Waals surface area (Å²) in [6, 6.07) is 16.9. The van der Waals surface area contributed by atoms with Gasteiger partial charge in [-0.05, 0) is 49.7 Å². The third-order valence-electron chi connectivity index (χ3n) is 6.48. The number of esters is 1. The molecule has 3 aliphatic rings. The van der Waals surface area contributed by atoms with Crippen molar-refractivity contribution in [3.63, 3.8) is 0 Å². The van der Waals surface area contributed by atoms with Crippen molar-refractivity contribution in [2.45, 2.75) is 45.1 Å². The fourth-order valence-corrected chi connectivity index (χ4v) is 6.03. The first-order valence-electron chi connectivity index (χ1n) is 12.0. The Balaban J connectivity index is 1.58. The number of aliphatic imine (C=N–C) groups is 1. The standard InChI is InChI=1S/C27H27N3O4S/c1-2-34-22(31)17-29-21-16-10-9-15-20(21)23(25(29)32)24-26(33)30(19-13-7-4-8-14-19)27(35-24)28-18-11-5-3-6-12-18/h3,5-6,9-12,15-16,19H,2,4,7-8,13-14,17H2,1H3/b24-23+,28-27?. The molecule has 0 N–H and O–H groups in total. The number of fused-ring (bicyclic) bond motifs is 1. The van der Waals surface area contributed by atoms with Crippen molar-refractivity contribution in [2.75, 3.05) is 18.1 Å². The van der Waals surface area contributed by atoms with Gasteiger partial charge in [0.25, 0.3) is 11.8 Å². The van der Waals surface area contributed by atoms with Crippen LogP contribution in [0.1, 0.15) is 44.6 Å². The number of benzene rings is 2. The second-order valence-corrected chi connectivity index (χ2v) is 9.69. The summed E-state index contributed by atoms with van der Waals surface area (Å²) in [5.41, 5.74) is 2.36. The summed E-state index contributed by atoms with van der Waals surface area (Å²) < 4.78 is 5.08. The predicted octanol–water partition coefficient (Wildman–Crippen LogP) is 4.90. The Morgan fingerprint density at radius 2 is 1.71 bits per heavy atom. The Morgan fingerprint density at radius 1 is 1.00 bits per heavy atom. The molecule has 0 unspecified atom stereocenters. The number of para-hydroxylation sites is 2. The van der Waals surface area contributed by atoms with Crippen LogP contribution in [-0.2, 0) is 19.1 Å². The number of carbonyl (C=O) groups excluding carboxylic acids is 3. The van der Waals surface area contributed by atoms with E-state index in [2.05, 4.69) is 0 Å². The second kappa shape index (κ2) is 10.1. The van der Waals surface area contributed by atoms with E-state index in [1.54, 1.807) is 17.9 Å². The Morgan fingerprint density at radius 3 is 2.46 bits per heavy atom. The van der Waals surface area contributed by atoms with Crippen LogP contribution in [0.15, 0.2) is 64.5 Å². The van der Waals surface area contributed by atoms with Crippen LogP contribution in [-0.4, -0.2) is 47.0 Å². The number of amides is 2. The Kier molecular flexibility index (Phi) is 6.72. The molecule has 1 saturated carbocycles. The normalized spacial score (nSPS) is 21.7. The summed E-state index contributed by atoms with van der Waals surface area (Å²) in [5.74, 6) is -1.03. The van der Waals surface area contributed by atoms with Gasteiger partial charge in [-0.1, -0.05) is 55.7 Å². The molecule has 180 valence electrons. The van der Waals surface area contributed by atoms with E-state index in [0.29, 0.717) is 26.9 Å². The first-order chi connectivity index (χ1) is 17.1. The van der Waals surface area contributed by atoms with Crippen LogP contribution in [0, 0.1) is 0 Å². The van der Waals surface area contributed by atoms with Crippen LogP contribution >= 0.6 is 11.8 Å². The first-order valence-corrected chi connectivity index (χ1v) is 12.9. The average molecular weight is 490 g/mol. The monoisotopic (exact) mass is 489 g/mol. The maximum Gasteiger partial charge on any atom is 0.326 e. The van der Waals surface area contributed by atoms with E-state index in [1.807, 2.05) is 48.5 Å². The third-order valence-corrected chi connectivity index (χ3v) is 7.53. The molecule has 2 heterocycles. The summed E-state index contributed by atoms with van der Waals surface area (Å²) >= 11 is 1.25. The molecule has 0 spiro atoms. The number of hydrogen-bond acceptors (Lipinski definition) is 6. The minimum absolute atomic E-state index is 0.0618. The van der Waals surface area contributed by atoms with Crippen molar-refractivity contribution in [3.8, 4) is 0 Å². The van der Waals surface area contributed by atoms with E-state index in [-0.39, 0.29) is 31.0 Å². The molecule has 8 heteroatoms. The molecule has 0 aromatic heterocycles. The highest BCUT2D eigenvalue weighted by Gasteiger charge is 2.45. The summed E-state index contributed by atoms with van der Waals surface area (Å²) in [4.78, 5) is 48.1. The molecule has 2 aliphatic heterocycles. The van der Waals surface area contributed by atoms with Crippen LogP contribution in [0.25, 0.3) is 5.57 Å². The van der Waals surface area contributed by atoms with Crippen molar-refractivity contribution in [1.82, 2.24) is 4.90 Å². The molecule has 2 fully saturated rings. The molecule has 2 aromatic carbocycles. The number of hydrogen-bond donors (Lipinski definition) is 0. The third kappa shape index (κ3) is 4.50. The minimum atomic E-state index is -0.484. The number of anilines is 1. The summed E-state index contributed by atoms with van der Waals surface area (Å²) in [5, 5.41) is 0.602. The van der Waals surface area contributed by atoms with Crippen LogP contribution in [0.4, 0.5) is 11.4 Å². The number of nitrogens with zero attached hydrogens (tertiary/aromatic N) is 3. The van der Waals surface area contributed by atoms with E-state index in [0.717, 1.165) is 31.4 Å². The first kappa shape index (κ1) is 23.4. The van der Waals surface area contributed by atoms with Crippen molar-refractivity contribution < 1.29 is 19.1 Å². The molecule has 35 heavy (non-hydrogen) atoms. The summed E-state index contributed by atoms with van der Waals surface area (Å²) in [6.07, 6.45) is 5.14. The molecule has 7 nitrogen and oxygen atoms in total. The summed E-state index contributed by atoms with van der Waals surface area (Å²) in [6.45, 7) is 1.77. The maximum absolute atomic E-state index is 13.9. The lowest BCUT2D eigenvalue weighted by molar-refractivity contribution is -0.142. The number of carbonyl (C=O) groups is 3. The molecule has 0 atom stereocenters. The average Bonchev–Trinajstić information content (AvgIpc) is 3.33. The Bertz CT molecular complexity index is 1220. The van der Waals surface area contributed by atoms with Crippen molar-refractivity contribution >= 4 is 51.7 Å². The van der Waals surface area contributed by atoms with Gasteiger partial charge in [0, 0.05) is 11.6 Å². The molecule has 2 amide bonds. The van der Waals surface area contributed by atoms with Gasteiger partial charge in [-0.15, -0.1) is 0 Å². The molecule has 2 aromatic rings. The van der Waals surface area contributed by atoms with Gasteiger partial charge in [0.1, 0.15) is 6.54 Å². The topological polar surface area (TPSA) is 79.3 Å². The Hall–Kier alpha value is -3.39. The van der Waals surface area contributed by atoms with Crippen molar-refractivity contribution in [3.05, 3.63) is 65.1 Å². The fraction of sp³-hybridized carbons (Fsp3) is 0.333. The SMILES string of the molecule is CCOC(=O)CN1C(=O)/C(=C2/SC(=Nc3ccccc3)N(C3CCCCC3)C2=O)c2ccccc21. The summed E-state index contributed by atoms with van der Waals surface area (Å²) in [7, 11) is 0. The lowest BCUT2D eigenvalue weighted by Crippen LogP contribution is -2.40. The van der Waals surface area contributed by atoms with Gasteiger partial charge in [-0.3, -0.25) is 24.2 Å². The molecular weight excluding hydrogens is 462 g/mol. The quantitative estimate of drug-likeness (QED) is 0.441. The lowest BCUT2D eigenvalue weighted by atomic mass is 9.94. The second-order valence-electron chi connectivity index (χ2n) is 8.72. The molecular formula is C27H27N3O4S. The molecule has 0 bridgehead atoms. The van der Waals surface area contributed by atoms with Crippen molar-refractivity contribution in [1.29, 1.82) is 0 Å². The van der Waals surface area contributed by atoms with Gasteiger partial charge in [0.15, 0.2) is 5.17 Å². The highest BCUT2D eigenvalue weighted by molar-refractivity contribution is 8.18. The Labute approximate surface area is 208 Å². The van der Waals surface area contributed by atoms with Gasteiger partial charge in [0.2, 0.25) is 0 Å². The zero-order valence-electron chi connectivity index (χ0n) is 19.6. The number of rotatable bonds is 5. The van der Waals surface area contributed by atoms with Crippen LogP contribution in [0.5, 0.6) is 0 Å². The maximum atomic E-state index is 13.9. The van der Waals surface area contributed by atoms with Gasteiger partial charge < -0.3 is 4.74 Å². The van der Waals surface area contributed by atoms with Crippen molar-refractivity contribution in [2.24, 2.45) is 4.99 Å². The van der Waals surface area contributed by atoms with E-state index >= 15 is 0 Å². The zero-order valence-corrected chi connectivity index (χ0v) is 20.4. The van der Waals surface area contributed by atoms with E-state index in [9.17, 15) is 14.4 Å². The number of amidine groups is 1. The number of thioether (sulfide) groups is 1. The predicted molar refractivity (Wildman–Crippen MR) is 137 cm³/mol. The largest absolute Gasteiger partial charge is 0.465 e. The van der Waals surface area contributed by atoms with E-state index < -0.39 is 5.97 Å². The molecule has 1 saturated heterocycles. The molecule has 5 rings (SSSR count). The van der Waals surface area contributed by atoms with Crippen LogP contribution in [0.3, 0.4) is 0 Å². The fourth-order valence-electron chi connectivity index (χ4n) is 4.88. The lowest BCUT2D eigenvalue weighted by Gasteiger charge is -2.30. The minimum Gasteiger partial charge on any atom is -0.465 e. The van der Waals surface area contributed by atoms with Gasteiger partial charge in [0.05, 0.1) is 28.5 Å². The highest BCUT2D eigenvalue weighted by atomic mass is 32.2. The van der Waals surface area contributed by atoms with E-state index in [4.69, 9.17) is 9.73 Å². The van der Waals surface area contributed by atoms with Gasteiger partial charge in [-0.2, -0.15) is 0 Å². The molecule has 1 aliphatic carbocycles. The molecule has 0 radical (unpaired) electrons. The smallest absolute Gasteiger partial charge is 0.326 e. The van der Waals surface area contributed by atoms with Crippen LogP contribution in [0.2, 0.25) is 0 Å². The van der Waals surface area contributed by atoms with Crippen LogP contribution < -0.4 is 4.90 Å². The van der Waals surface area contributed by atoms with Gasteiger partial charge >= 0.3 is 5.97 Å². The van der Waals surface area contributed by atoms with E-state index in [1.165, 1.54) is 23.1 Å².